The summed E-state index contributed by atoms with van der Waals surface area (Å²) in [5.41, 5.74) is 4.83. The average Bonchev–Trinajstić information content (AvgIpc) is 3.13. The number of hydrogen-bond donors (Lipinski definition) is 0. The smallest absolute Gasteiger partial charge is 0.161 e. The third-order valence-electron chi connectivity index (χ3n) is 9.79. The molecule has 0 saturated heterocycles. The number of rotatable bonds is 21. The van der Waals surface area contributed by atoms with Gasteiger partial charge in [0.15, 0.2) is 11.5 Å². The highest BCUT2D eigenvalue weighted by molar-refractivity contribution is 6.29. The highest BCUT2D eigenvalue weighted by Gasteiger charge is 2.21. The maximum Gasteiger partial charge on any atom is 0.161 e. The molecule has 0 aromatic heterocycles. The molecule has 4 heteroatoms. The van der Waals surface area contributed by atoms with Crippen LogP contribution in [0.3, 0.4) is 0 Å². The van der Waals surface area contributed by atoms with Crippen LogP contribution < -0.4 is 18.9 Å². The molecule has 0 bridgehead atoms. The number of fused-ring (bicyclic) bond motifs is 6. The van der Waals surface area contributed by atoms with Gasteiger partial charge in [-0.15, -0.1) is 0 Å². The second kappa shape index (κ2) is 18.9. The van der Waals surface area contributed by atoms with E-state index in [9.17, 15) is 0 Å². The Morgan fingerprint density at radius 3 is 1.54 bits per heavy atom. The topological polar surface area (TPSA) is 36.9 Å². The molecule has 0 heterocycles. The molecule has 0 N–H and O–H groups in total. The van der Waals surface area contributed by atoms with Crippen LogP contribution in [0.1, 0.15) is 116 Å². The van der Waals surface area contributed by atoms with Crippen LogP contribution in [0.5, 0.6) is 23.0 Å². The lowest BCUT2D eigenvalue weighted by atomic mass is 9.87. The lowest BCUT2D eigenvalue weighted by Gasteiger charge is -2.21. The van der Waals surface area contributed by atoms with Crippen LogP contribution >= 0.6 is 0 Å². The fourth-order valence-electron chi connectivity index (χ4n) is 6.91. The summed E-state index contributed by atoms with van der Waals surface area (Å²) in [6.45, 7) is 16.1. The van der Waals surface area contributed by atoms with E-state index >= 15 is 0 Å². The van der Waals surface area contributed by atoms with Crippen LogP contribution in [-0.2, 0) is 0 Å². The molecule has 0 radical (unpaired) electrons. The zero-order chi connectivity index (χ0) is 35.3. The van der Waals surface area contributed by atoms with Crippen molar-refractivity contribution in [3.63, 3.8) is 0 Å². The lowest BCUT2D eigenvalue weighted by Crippen LogP contribution is -2.04. The molecule has 50 heavy (non-hydrogen) atoms. The Morgan fingerprint density at radius 1 is 0.420 bits per heavy atom. The molecule has 5 aromatic rings. The summed E-state index contributed by atoms with van der Waals surface area (Å²) in [7, 11) is 0. The van der Waals surface area contributed by atoms with Gasteiger partial charge in [0.1, 0.15) is 11.5 Å². The molecule has 0 aliphatic rings. The van der Waals surface area contributed by atoms with Crippen molar-refractivity contribution < 1.29 is 18.9 Å². The summed E-state index contributed by atoms with van der Waals surface area (Å²) in [4.78, 5) is 0. The van der Waals surface area contributed by atoms with Gasteiger partial charge in [-0.3, -0.25) is 0 Å². The van der Waals surface area contributed by atoms with Gasteiger partial charge < -0.3 is 18.9 Å². The Hall–Kier alpha value is -3.92. The SMILES string of the molecule is CCCCCOc1ccc2c(c1)c1cc(OCCCCC)c(OCCCCC)cc1c1c(-c3cc(C)ccc3C)c(OCCCCC)ccc21. The van der Waals surface area contributed by atoms with Gasteiger partial charge in [-0.05, 0) is 108 Å². The molecule has 0 saturated carbocycles. The third kappa shape index (κ3) is 9.05. The van der Waals surface area contributed by atoms with Gasteiger partial charge in [0.05, 0.1) is 26.4 Å². The van der Waals surface area contributed by atoms with Crippen LogP contribution in [0.4, 0.5) is 0 Å². The molecule has 0 amide bonds. The van der Waals surface area contributed by atoms with E-state index in [-0.39, 0.29) is 0 Å². The molecular weight excluding hydrogens is 617 g/mol. The quantitative estimate of drug-likeness (QED) is 0.0572. The summed E-state index contributed by atoms with van der Waals surface area (Å²) in [5, 5.41) is 7.06. The van der Waals surface area contributed by atoms with Crippen LogP contribution in [0.25, 0.3) is 43.4 Å². The number of ether oxygens (including phenoxy) is 4. The molecule has 268 valence electrons. The third-order valence-corrected chi connectivity index (χ3v) is 9.79. The van der Waals surface area contributed by atoms with Crippen molar-refractivity contribution >= 4 is 32.3 Å². The van der Waals surface area contributed by atoms with Crippen LogP contribution in [0.2, 0.25) is 0 Å². The Bertz CT molecular complexity index is 1840. The summed E-state index contributed by atoms with van der Waals surface area (Å²) in [6, 6.07) is 22.3. The van der Waals surface area contributed by atoms with E-state index in [0.29, 0.717) is 19.8 Å². The van der Waals surface area contributed by atoms with Gasteiger partial charge in [-0.2, -0.15) is 0 Å². The normalized spacial score (nSPS) is 11.5. The maximum absolute atomic E-state index is 6.69. The van der Waals surface area contributed by atoms with Gasteiger partial charge in [0.2, 0.25) is 0 Å². The Labute approximate surface area is 301 Å². The van der Waals surface area contributed by atoms with Crippen LogP contribution in [0, 0.1) is 13.8 Å². The molecule has 0 aliphatic heterocycles. The van der Waals surface area contributed by atoms with Crippen molar-refractivity contribution in [3.8, 4) is 34.1 Å². The standard InChI is InChI=1S/C46H60O4/c1-7-11-15-25-47-35-21-22-36-37-23-24-42(48-26-16-12-8-2)46(38-29-33(5)19-20-34(38)6)45(37)41-32-44(50-28-18-14-10-4)43(49-27-17-13-9-3)31-40(41)39(36)30-35/h19-24,29-32H,7-18,25-28H2,1-6H3. The highest BCUT2D eigenvalue weighted by atomic mass is 16.5. The number of hydrogen-bond acceptors (Lipinski definition) is 4. The van der Waals surface area contributed by atoms with Gasteiger partial charge >= 0.3 is 0 Å². The monoisotopic (exact) mass is 676 g/mol. The summed E-state index contributed by atoms with van der Waals surface area (Å²) >= 11 is 0. The molecule has 5 rings (SSSR count). The van der Waals surface area contributed by atoms with Gasteiger partial charge in [0, 0.05) is 10.9 Å². The fraction of sp³-hybridized carbons (Fsp3) is 0.478. The van der Waals surface area contributed by atoms with Crippen LogP contribution in [0.15, 0.2) is 60.7 Å². The average molecular weight is 677 g/mol. The molecule has 0 atom stereocenters. The van der Waals surface area contributed by atoms with Crippen molar-refractivity contribution in [1.82, 2.24) is 0 Å². The maximum atomic E-state index is 6.69. The molecule has 4 nitrogen and oxygen atoms in total. The van der Waals surface area contributed by atoms with E-state index in [1.54, 1.807) is 0 Å². The lowest BCUT2D eigenvalue weighted by molar-refractivity contribution is 0.260. The molecule has 5 aromatic carbocycles. The van der Waals surface area contributed by atoms with Crippen molar-refractivity contribution in [2.45, 2.75) is 119 Å². The van der Waals surface area contributed by atoms with E-state index in [2.05, 4.69) is 102 Å². The zero-order valence-electron chi connectivity index (χ0n) is 31.7. The predicted molar refractivity (Wildman–Crippen MR) is 214 cm³/mol. The minimum absolute atomic E-state index is 0.668. The second-order valence-electron chi connectivity index (χ2n) is 14.0. The summed E-state index contributed by atoms with van der Waals surface area (Å²) < 4.78 is 26.2. The summed E-state index contributed by atoms with van der Waals surface area (Å²) in [5.74, 6) is 3.48. The highest BCUT2D eigenvalue weighted by Crippen LogP contribution is 2.48. The number of unbranched alkanes of at least 4 members (excludes halogenated alkanes) is 8. The van der Waals surface area contributed by atoms with Gasteiger partial charge in [-0.1, -0.05) is 115 Å². The van der Waals surface area contributed by atoms with E-state index in [1.807, 2.05) is 0 Å². The Kier molecular flexibility index (Phi) is 14.1. The van der Waals surface area contributed by atoms with Crippen molar-refractivity contribution in [1.29, 1.82) is 0 Å². The Morgan fingerprint density at radius 2 is 0.940 bits per heavy atom. The van der Waals surface area contributed by atoms with Crippen molar-refractivity contribution in [3.05, 3.63) is 71.8 Å². The van der Waals surface area contributed by atoms with Gasteiger partial charge in [-0.25, -0.2) is 0 Å². The van der Waals surface area contributed by atoms with Crippen molar-refractivity contribution in [2.75, 3.05) is 26.4 Å². The molecular formula is C46H60O4. The first-order chi connectivity index (χ1) is 24.5. The number of aryl methyl sites for hydroxylation is 2. The van der Waals surface area contributed by atoms with Crippen molar-refractivity contribution in [2.24, 2.45) is 0 Å². The van der Waals surface area contributed by atoms with E-state index < -0.39 is 0 Å². The Balaban J connectivity index is 1.82. The fourth-order valence-corrected chi connectivity index (χ4v) is 6.91. The van der Waals surface area contributed by atoms with E-state index in [1.165, 1.54) is 51.1 Å². The number of benzene rings is 5. The first-order valence-corrected chi connectivity index (χ1v) is 19.6. The van der Waals surface area contributed by atoms with E-state index in [0.717, 1.165) is 110 Å². The zero-order valence-corrected chi connectivity index (χ0v) is 31.7. The first kappa shape index (κ1) is 37.3. The molecule has 0 fully saturated rings. The minimum Gasteiger partial charge on any atom is -0.494 e. The van der Waals surface area contributed by atoms with Crippen LogP contribution in [-0.4, -0.2) is 26.4 Å². The molecule has 0 spiro atoms. The predicted octanol–water partition coefficient (Wildman–Crippen LogP) is 13.7. The first-order valence-electron chi connectivity index (χ1n) is 19.6. The van der Waals surface area contributed by atoms with E-state index in [4.69, 9.17) is 18.9 Å². The molecule has 0 unspecified atom stereocenters. The molecule has 0 aliphatic carbocycles. The summed E-state index contributed by atoms with van der Waals surface area (Å²) in [6.07, 6.45) is 13.4. The largest absolute Gasteiger partial charge is 0.494 e. The minimum atomic E-state index is 0.668. The van der Waals surface area contributed by atoms with Gasteiger partial charge in [0.25, 0.3) is 0 Å². The second-order valence-corrected chi connectivity index (χ2v) is 14.0.